The number of para-hydroxylation sites is 1. The number of hydrogen-bond acceptors (Lipinski definition) is 4. The maximum absolute atomic E-state index is 11.1. The summed E-state index contributed by atoms with van der Waals surface area (Å²) >= 11 is 5.92. The maximum Gasteiger partial charge on any atom is 0.310 e. The van der Waals surface area contributed by atoms with E-state index < -0.39 is 4.92 Å². The minimum Gasteiger partial charge on any atom is -0.363 e. The summed E-state index contributed by atoms with van der Waals surface area (Å²) in [6.45, 7) is 6.60. The van der Waals surface area contributed by atoms with Crippen LogP contribution in [0.4, 0.5) is 11.4 Å². The Bertz CT molecular complexity index is 445. The molecule has 0 aliphatic carbocycles. The molecule has 18 heavy (non-hydrogen) atoms. The fourth-order valence-electron chi connectivity index (χ4n) is 2.24. The van der Waals surface area contributed by atoms with E-state index in [0.29, 0.717) is 5.69 Å². The van der Waals surface area contributed by atoms with Crippen LogP contribution in [0.15, 0.2) is 18.2 Å². The van der Waals surface area contributed by atoms with Crippen molar-refractivity contribution in [2.75, 3.05) is 37.6 Å². The van der Waals surface area contributed by atoms with Crippen molar-refractivity contribution in [1.82, 2.24) is 4.90 Å². The Morgan fingerprint density at radius 3 is 2.56 bits per heavy atom. The second-order valence-corrected chi connectivity index (χ2v) is 4.69. The molecular formula is C12H16ClN3O2. The second kappa shape index (κ2) is 5.54. The normalized spacial score (nSPS) is 16.9. The quantitative estimate of drug-likeness (QED) is 0.624. The highest BCUT2D eigenvalue weighted by molar-refractivity contribution is 6.33. The van der Waals surface area contributed by atoms with E-state index in [1.807, 2.05) is 4.90 Å². The average Bonchev–Trinajstić information content (AvgIpc) is 2.38. The maximum atomic E-state index is 11.1. The van der Waals surface area contributed by atoms with Gasteiger partial charge in [-0.25, -0.2) is 0 Å². The van der Waals surface area contributed by atoms with Crippen molar-refractivity contribution in [3.63, 3.8) is 0 Å². The van der Waals surface area contributed by atoms with E-state index >= 15 is 0 Å². The molecule has 2 rings (SSSR count). The first-order chi connectivity index (χ1) is 8.63. The Morgan fingerprint density at radius 1 is 1.33 bits per heavy atom. The third-order valence-electron chi connectivity index (χ3n) is 3.31. The fourth-order valence-corrected chi connectivity index (χ4v) is 2.48. The molecule has 1 aromatic rings. The van der Waals surface area contributed by atoms with Gasteiger partial charge in [-0.3, -0.25) is 10.1 Å². The lowest BCUT2D eigenvalue weighted by atomic mass is 10.2. The SMILES string of the molecule is CCN1CCN(c2cccc(Cl)c2[N+](=O)[O-])CC1. The van der Waals surface area contributed by atoms with Crippen molar-refractivity contribution in [1.29, 1.82) is 0 Å². The molecule has 1 saturated heterocycles. The summed E-state index contributed by atoms with van der Waals surface area (Å²) in [5, 5.41) is 11.3. The van der Waals surface area contributed by atoms with Crippen molar-refractivity contribution in [2.24, 2.45) is 0 Å². The topological polar surface area (TPSA) is 49.6 Å². The van der Waals surface area contributed by atoms with Crippen LogP contribution >= 0.6 is 11.6 Å². The Morgan fingerprint density at radius 2 is 2.00 bits per heavy atom. The number of nitro groups is 1. The molecule has 5 nitrogen and oxygen atoms in total. The van der Waals surface area contributed by atoms with Gasteiger partial charge in [0.1, 0.15) is 10.7 Å². The lowest BCUT2D eigenvalue weighted by Gasteiger charge is -2.35. The molecule has 1 aromatic carbocycles. The molecule has 0 aromatic heterocycles. The Labute approximate surface area is 111 Å². The van der Waals surface area contributed by atoms with Gasteiger partial charge in [-0.05, 0) is 18.7 Å². The van der Waals surface area contributed by atoms with Crippen molar-refractivity contribution in [2.45, 2.75) is 6.92 Å². The molecule has 1 aliphatic rings. The molecule has 1 aliphatic heterocycles. The zero-order valence-electron chi connectivity index (χ0n) is 10.3. The molecule has 1 fully saturated rings. The van der Waals surface area contributed by atoms with E-state index in [-0.39, 0.29) is 10.7 Å². The second-order valence-electron chi connectivity index (χ2n) is 4.29. The Hall–Kier alpha value is -1.33. The number of halogens is 1. The van der Waals surface area contributed by atoms with Crippen molar-refractivity contribution >= 4 is 23.0 Å². The molecular weight excluding hydrogens is 254 g/mol. The van der Waals surface area contributed by atoms with Crippen molar-refractivity contribution < 1.29 is 4.92 Å². The Kier molecular flexibility index (Phi) is 4.04. The van der Waals surface area contributed by atoms with Crippen LogP contribution in [0.2, 0.25) is 5.02 Å². The largest absolute Gasteiger partial charge is 0.363 e. The van der Waals surface area contributed by atoms with E-state index in [1.165, 1.54) is 0 Å². The first-order valence-corrected chi connectivity index (χ1v) is 6.41. The van der Waals surface area contributed by atoms with Gasteiger partial charge >= 0.3 is 5.69 Å². The Balaban J connectivity index is 2.24. The molecule has 6 heteroatoms. The van der Waals surface area contributed by atoms with E-state index in [9.17, 15) is 10.1 Å². The van der Waals surface area contributed by atoms with Crippen LogP contribution in [0.25, 0.3) is 0 Å². The number of hydrogen-bond donors (Lipinski definition) is 0. The molecule has 0 bridgehead atoms. The molecule has 0 spiro atoms. The number of anilines is 1. The van der Waals surface area contributed by atoms with Gasteiger partial charge in [-0.2, -0.15) is 0 Å². The zero-order valence-corrected chi connectivity index (χ0v) is 11.1. The van der Waals surface area contributed by atoms with Crippen LogP contribution in [-0.4, -0.2) is 42.5 Å². The number of benzene rings is 1. The number of nitrogens with zero attached hydrogens (tertiary/aromatic N) is 3. The summed E-state index contributed by atoms with van der Waals surface area (Å²) < 4.78 is 0. The molecule has 0 amide bonds. The minimum absolute atomic E-state index is 0.0177. The van der Waals surface area contributed by atoms with E-state index in [0.717, 1.165) is 32.7 Å². The van der Waals surface area contributed by atoms with Gasteiger partial charge in [0.15, 0.2) is 0 Å². The van der Waals surface area contributed by atoms with Crippen molar-refractivity contribution in [3.8, 4) is 0 Å². The lowest BCUT2D eigenvalue weighted by molar-refractivity contribution is -0.384. The van der Waals surface area contributed by atoms with Crippen LogP contribution in [0.1, 0.15) is 6.92 Å². The zero-order chi connectivity index (χ0) is 13.1. The van der Waals surface area contributed by atoms with Gasteiger partial charge in [-0.1, -0.05) is 24.6 Å². The molecule has 1 heterocycles. The van der Waals surface area contributed by atoms with E-state index in [1.54, 1.807) is 18.2 Å². The van der Waals surface area contributed by atoms with Crippen LogP contribution in [0.3, 0.4) is 0 Å². The van der Waals surface area contributed by atoms with E-state index in [2.05, 4.69) is 11.8 Å². The first kappa shape index (κ1) is 13.1. The van der Waals surface area contributed by atoms with Gasteiger partial charge in [0.2, 0.25) is 0 Å². The van der Waals surface area contributed by atoms with Crippen LogP contribution in [0, 0.1) is 10.1 Å². The molecule has 0 atom stereocenters. The van der Waals surface area contributed by atoms with Gasteiger partial charge in [0, 0.05) is 26.2 Å². The number of rotatable bonds is 3. The predicted molar refractivity (Wildman–Crippen MR) is 72.4 cm³/mol. The average molecular weight is 270 g/mol. The summed E-state index contributed by atoms with van der Waals surface area (Å²) in [6, 6.07) is 5.09. The number of piperazine rings is 1. The predicted octanol–water partition coefficient (Wildman–Crippen LogP) is 2.39. The summed E-state index contributed by atoms with van der Waals surface area (Å²) in [6.07, 6.45) is 0. The summed E-state index contributed by atoms with van der Waals surface area (Å²) in [5.74, 6) is 0. The van der Waals surface area contributed by atoms with Crippen LogP contribution in [0.5, 0.6) is 0 Å². The minimum atomic E-state index is -0.399. The highest BCUT2D eigenvalue weighted by Crippen LogP contribution is 2.35. The van der Waals surface area contributed by atoms with Crippen LogP contribution < -0.4 is 4.90 Å². The monoisotopic (exact) mass is 269 g/mol. The number of nitro benzene ring substituents is 1. The molecule has 0 saturated carbocycles. The summed E-state index contributed by atoms with van der Waals surface area (Å²) in [5.41, 5.74) is 0.646. The van der Waals surface area contributed by atoms with E-state index in [4.69, 9.17) is 11.6 Å². The molecule has 98 valence electrons. The van der Waals surface area contributed by atoms with Crippen LogP contribution in [-0.2, 0) is 0 Å². The van der Waals surface area contributed by atoms with Crippen molar-refractivity contribution in [3.05, 3.63) is 33.3 Å². The third kappa shape index (κ3) is 2.57. The lowest BCUT2D eigenvalue weighted by Crippen LogP contribution is -2.46. The summed E-state index contributed by atoms with van der Waals surface area (Å²) in [7, 11) is 0. The third-order valence-corrected chi connectivity index (χ3v) is 3.61. The highest BCUT2D eigenvalue weighted by Gasteiger charge is 2.25. The highest BCUT2D eigenvalue weighted by atomic mass is 35.5. The van der Waals surface area contributed by atoms with Gasteiger partial charge in [0.05, 0.1) is 4.92 Å². The molecule has 0 radical (unpaired) electrons. The van der Waals surface area contributed by atoms with Gasteiger partial charge in [-0.15, -0.1) is 0 Å². The van der Waals surface area contributed by atoms with Gasteiger partial charge in [0.25, 0.3) is 0 Å². The smallest absolute Gasteiger partial charge is 0.310 e. The fraction of sp³-hybridized carbons (Fsp3) is 0.500. The first-order valence-electron chi connectivity index (χ1n) is 6.03. The number of likely N-dealkylation sites (N-methyl/N-ethyl adjacent to an activating group) is 1. The summed E-state index contributed by atoms with van der Waals surface area (Å²) in [4.78, 5) is 15.1. The standard InChI is InChI=1S/C12H16ClN3O2/c1-2-14-6-8-15(9-7-14)11-5-3-4-10(13)12(11)16(17)18/h3-5H,2,6-9H2,1H3. The molecule has 0 N–H and O–H groups in total. The molecule has 0 unspecified atom stereocenters. The van der Waals surface area contributed by atoms with Gasteiger partial charge < -0.3 is 9.80 Å².